The van der Waals surface area contributed by atoms with Gasteiger partial charge in [0.2, 0.25) is 0 Å². The van der Waals surface area contributed by atoms with Gasteiger partial charge in [-0.25, -0.2) is 4.39 Å². The Balaban J connectivity index is 1.96. The Morgan fingerprint density at radius 3 is 2.90 bits per heavy atom. The molecule has 21 heavy (non-hydrogen) atoms. The van der Waals surface area contributed by atoms with E-state index in [9.17, 15) is 9.18 Å². The van der Waals surface area contributed by atoms with Gasteiger partial charge in [0.15, 0.2) is 6.29 Å². The zero-order valence-corrected chi connectivity index (χ0v) is 12.2. The molecule has 2 heterocycles. The molecule has 0 aliphatic heterocycles. The van der Waals surface area contributed by atoms with E-state index < -0.39 is 0 Å². The number of aromatic nitrogens is 2. The second-order valence-electron chi connectivity index (χ2n) is 4.81. The summed E-state index contributed by atoms with van der Waals surface area (Å²) in [6, 6.07) is 8.38. The van der Waals surface area contributed by atoms with Crippen molar-refractivity contribution in [2.45, 2.75) is 13.5 Å². The number of benzene rings is 1. The molecule has 0 spiro atoms. The SMILES string of the molecule is Cc1ccsc1-c1nn(Cc2cccc(F)c2)cc1C=O. The summed E-state index contributed by atoms with van der Waals surface area (Å²) < 4.78 is 14.9. The van der Waals surface area contributed by atoms with Gasteiger partial charge in [0, 0.05) is 6.20 Å². The van der Waals surface area contributed by atoms with E-state index in [-0.39, 0.29) is 5.82 Å². The van der Waals surface area contributed by atoms with Gasteiger partial charge in [-0.15, -0.1) is 11.3 Å². The van der Waals surface area contributed by atoms with Crippen molar-refractivity contribution in [1.82, 2.24) is 9.78 Å². The van der Waals surface area contributed by atoms with E-state index in [4.69, 9.17) is 0 Å². The van der Waals surface area contributed by atoms with E-state index >= 15 is 0 Å². The number of thiophene rings is 1. The Labute approximate surface area is 125 Å². The molecular formula is C16H13FN2OS. The maximum atomic E-state index is 13.2. The summed E-state index contributed by atoms with van der Waals surface area (Å²) in [5, 5.41) is 6.46. The molecular weight excluding hydrogens is 287 g/mol. The van der Waals surface area contributed by atoms with Crippen molar-refractivity contribution >= 4 is 17.6 Å². The molecule has 0 N–H and O–H groups in total. The highest BCUT2D eigenvalue weighted by Gasteiger charge is 2.14. The summed E-state index contributed by atoms with van der Waals surface area (Å²) in [5.74, 6) is -0.274. The van der Waals surface area contributed by atoms with Crippen molar-refractivity contribution < 1.29 is 9.18 Å². The van der Waals surface area contributed by atoms with E-state index in [1.165, 1.54) is 12.1 Å². The lowest BCUT2D eigenvalue weighted by molar-refractivity contribution is 0.112. The van der Waals surface area contributed by atoms with Crippen molar-refractivity contribution in [2.75, 3.05) is 0 Å². The van der Waals surface area contributed by atoms with Crippen molar-refractivity contribution in [1.29, 1.82) is 0 Å². The molecule has 3 nitrogen and oxygen atoms in total. The molecule has 3 aromatic rings. The molecule has 0 amide bonds. The lowest BCUT2D eigenvalue weighted by Crippen LogP contribution is -2.00. The summed E-state index contributed by atoms with van der Waals surface area (Å²) in [6.07, 6.45) is 2.51. The Morgan fingerprint density at radius 1 is 1.38 bits per heavy atom. The molecule has 106 valence electrons. The Hall–Kier alpha value is -2.27. The van der Waals surface area contributed by atoms with Crippen LogP contribution in [-0.2, 0) is 6.54 Å². The summed E-state index contributed by atoms with van der Waals surface area (Å²) in [6.45, 7) is 2.43. The highest BCUT2D eigenvalue weighted by molar-refractivity contribution is 7.13. The van der Waals surface area contributed by atoms with Gasteiger partial charge >= 0.3 is 0 Å². The van der Waals surface area contributed by atoms with Crippen LogP contribution in [0.2, 0.25) is 0 Å². The number of hydrogen-bond acceptors (Lipinski definition) is 3. The largest absolute Gasteiger partial charge is 0.298 e. The van der Waals surface area contributed by atoms with Gasteiger partial charge in [0.25, 0.3) is 0 Å². The topological polar surface area (TPSA) is 34.9 Å². The fourth-order valence-electron chi connectivity index (χ4n) is 2.22. The second kappa shape index (κ2) is 5.61. The minimum atomic E-state index is -0.274. The second-order valence-corrected chi connectivity index (χ2v) is 5.73. The Kier molecular flexibility index (Phi) is 3.66. The quantitative estimate of drug-likeness (QED) is 0.684. The molecule has 3 rings (SSSR count). The van der Waals surface area contributed by atoms with Gasteiger partial charge in [0.05, 0.1) is 17.0 Å². The first-order valence-corrected chi connectivity index (χ1v) is 7.37. The number of aldehydes is 1. The maximum absolute atomic E-state index is 13.2. The molecule has 0 bridgehead atoms. The summed E-state index contributed by atoms with van der Waals surface area (Å²) in [5.41, 5.74) is 3.15. The van der Waals surface area contributed by atoms with Gasteiger partial charge in [-0.2, -0.15) is 5.10 Å². The van der Waals surface area contributed by atoms with Crippen LogP contribution in [0, 0.1) is 12.7 Å². The summed E-state index contributed by atoms with van der Waals surface area (Å²) in [7, 11) is 0. The lowest BCUT2D eigenvalue weighted by atomic mass is 10.2. The minimum Gasteiger partial charge on any atom is -0.298 e. The third-order valence-electron chi connectivity index (χ3n) is 3.23. The van der Waals surface area contributed by atoms with E-state index in [0.717, 1.165) is 22.3 Å². The van der Waals surface area contributed by atoms with Gasteiger partial charge in [-0.3, -0.25) is 9.48 Å². The number of nitrogens with zero attached hydrogens (tertiary/aromatic N) is 2. The fourth-order valence-corrected chi connectivity index (χ4v) is 3.15. The molecule has 5 heteroatoms. The average molecular weight is 300 g/mol. The lowest BCUT2D eigenvalue weighted by Gasteiger charge is -2.01. The van der Waals surface area contributed by atoms with Crippen LogP contribution in [-0.4, -0.2) is 16.1 Å². The van der Waals surface area contributed by atoms with Crippen LogP contribution in [0.15, 0.2) is 41.9 Å². The monoisotopic (exact) mass is 300 g/mol. The summed E-state index contributed by atoms with van der Waals surface area (Å²) >= 11 is 1.56. The van der Waals surface area contributed by atoms with Crippen molar-refractivity contribution in [3.63, 3.8) is 0 Å². The number of carbonyl (C=O) groups is 1. The Bertz CT molecular complexity index is 791. The van der Waals surface area contributed by atoms with Crippen LogP contribution in [0.25, 0.3) is 10.6 Å². The standard InChI is InChI=1S/C16H13FN2OS/c1-11-5-6-21-16(11)15-13(10-20)9-19(18-15)8-12-3-2-4-14(17)7-12/h2-7,9-10H,8H2,1H3. The van der Waals surface area contributed by atoms with Crippen LogP contribution in [0.1, 0.15) is 21.5 Å². The maximum Gasteiger partial charge on any atom is 0.153 e. The highest BCUT2D eigenvalue weighted by atomic mass is 32.1. The van der Waals surface area contributed by atoms with Gasteiger partial charge in [0.1, 0.15) is 11.5 Å². The van der Waals surface area contributed by atoms with Crippen molar-refractivity contribution in [3.05, 3.63) is 64.4 Å². The zero-order valence-electron chi connectivity index (χ0n) is 11.4. The summed E-state index contributed by atoms with van der Waals surface area (Å²) in [4.78, 5) is 12.2. The molecule has 0 atom stereocenters. The van der Waals surface area contributed by atoms with Crippen LogP contribution in [0.3, 0.4) is 0 Å². The number of rotatable bonds is 4. The van der Waals surface area contributed by atoms with Gasteiger partial charge < -0.3 is 0 Å². The molecule has 0 saturated carbocycles. The highest BCUT2D eigenvalue weighted by Crippen LogP contribution is 2.29. The number of hydrogen-bond donors (Lipinski definition) is 0. The van der Waals surface area contributed by atoms with Gasteiger partial charge in [-0.05, 0) is 41.6 Å². The molecule has 0 saturated heterocycles. The van der Waals surface area contributed by atoms with E-state index in [0.29, 0.717) is 17.8 Å². The first-order chi connectivity index (χ1) is 10.2. The molecule has 1 aromatic carbocycles. The molecule has 0 unspecified atom stereocenters. The van der Waals surface area contributed by atoms with Crippen LogP contribution < -0.4 is 0 Å². The molecule has 0 fully saturated rings. The van der Waals surface area contributed by atoms with E-state index in [1.54, 1.807) is 28.3 Å². The first-order valence-electron chi connectivity index (χ1n) is 6.49. The van der Waals surface area contributed by atoms with Crippen LogP contribution in [0.5, 0.6) is 0 Å². The zero-order chi connectivity index (χ0) is 14.8. The Morgan fingerprint density at radius 2 is 2.24 bits per heavy atom. The van der Waals surface area contributed by atoms with Crippen LogP contribution >= 0.6 is 11.3 Å². The van der Waals surface area contributed by atoms with E-state index in [2.05, 4.69) is 5.10 Å². The average Bonchev–Trinajstić information content (AvgIpc) is 3.04. The third kappa shape index (κ3) is 2.78. The van der Waals surface area contributed by atoms with Crippen molar-refractivity contribution in [3.8, 4) is 10.6 Å². The van der Waals surface area contributed by atoms with E-state index in [1.807, 2.05) is 24.4 Å². The normalized spacial score (nSPS) is 10.8. The first kappa shape index (κ1) is 13.7. The minimum absolute atomic E-state index is 0.274. The smallest absolute Gasteiger partial charge is 0.153 e. The van der Waals surface area contributed by atoms with Gasteiger partial charge in [-0.1, -0.05) is 12.1 Å². The number of carbonyl (C=O) groups excluding carboxylic acids is 1. The van der Waals surface area contributed by atoms with Crippen LogP contribution in [0.4, 0.5) is 4.39 Å². The molecule has 0 aliphatic carbocycles. The van der Waals surface area contributed by atoms with Crippen molar-refractivity contribution in [2.24, 2.45) is 0 Å². The number of halogens is 1. The fraction of sp³-hybridized carbons (Fsp3) is 0.125. The molecule has 0 aliphatic rings. The third-order valence-corrected chi connectivity index (χ3v) is 4.25. The predicted molar refractivity (Wildman–Crippen MR) is 81.2 cm³/mol. The molecule has 0 radical (unpaired) electrons. The predicted octanol–water partition coefficient (Wildman–Crippen LogP) is 3.92. The number of aryl methyl sites for hydroxylation is 1. The molecule has 2 aromatic heterocycles.